The summed E-state index contributed by atoms with van der Waals surface area (Å²) in [6.45, 7) is 3.16. The first-order chi connectivity index (χ1) is 7.47. The smallest absolute Gasteiger partial charge is 0.330 e. The normalized spacial score (nSPS) is 12.1. The Morgan fingerprint density at radius 2 is 2.06 bits per heavy atom. The van der Waals surface area contributed by atoms with E-state index in [-0.39, 0.29) is 13.0 Å². The Balaban J connectivity index is 4.16. The van der Waals surface area contributed by atoms with Crippen LogP contribution < -0.4 is 5.32 Å². The van der Waals surface area contributed by atoms with Gasteiger partial charge in [-0.1, -0.05) is 6.08 Å². The molecule has 0 fully saturated rings. The Labute approximate surface area is 93.3 Å². The van der Waals surface area contributed by atoms with E-state index in [4.69, 9.17) is 5.11 Å². The quantitative estimate of drug-likeness (QED) is 0.497. The Morgan fingerprint density at radius 3 is 2.50 bits per heavy atom. The van der Waals surface area contributed by atoms with Gasteiger partial charge in [0.25, 0.3) is 0 Å². The van der Waals surface area contributed by atoms with Crippen molar-refractivity contribution in [2.45, 2.75) is 26.3 Å². The summed E-state index contributed by atoms with van der Waals surface area (Å²) in [7, 11) is 0. The van der Waals surface area contributed by atoms with Crippen LogP contribution in [0, 0.1) is 0 Å². The molecule has 0 aromatic heterocycles. The van der Waals surface area contributed by atoms with Gasteiger partial charge in [0.1, 0.15) is 6.04 Å². The van der Waals surface area contributed by atoms with Crippen molar-refractivity contribution < 1.29 is 24.2 Å². The van der Waals surface area contributed by atoms with Gasteiger partial charge >= 0.3 is 11.9 Å². The van der Waals surface area contributed by atoms with E-state index in [1.54, 1.807) is 6.92 Å². The van der Waals surface area contributed by atoms with E-state index in [9.17, 15) is 14.4 Å². The lowest BCUT2D eigenvalue weighted by Crippen LogP contribution is -2.39. The largest absolute Gasteiger partial charge is 0.480 e. The zero-order valence-corrected chi connectivity index (χ0v) is 9.23. The standard InChI is InChI=1S/C10H15NO5/c1-3-16-9(13)6-4-5-8(10(14)15)11-7(2)12/h4,6,8H,3,5H2,1-2H3,(H,11,12)(H,14,15)/b6-4+/t8-/m1/s1. The van der Waals surface area contributed by atoms with E-state index < -0.39 is 23.9 Å². The first kappa shape index (κ1) is 14.2. The second-order valence-electron chi connectivity index (χ2n) is 2.98. The predicted octanol–water partition coefficient (Wildman–Crippen LogP) is 0.0851. The Morgan fingerprint density at radius 1 is 1.44 bits per heavy atom. The van der Waals surface area contributed by atoms with E-state index >= 15 is 0 Å². The summed E-state index contributed by atoms with van der Waals surface area (Å²) in [4.78, 5) is 32.2. The van der Waals surface area contributed by atoms with Crippen LogP contribution in [0.3, 0.4) is 0 Å². The van der Waals surface area contributed by atoms with Crippen LogP contribution in [-0.2, 0) is 19.1 Å². The number of carbonyl (C=O) groups excluding carboxylic acids is 2. The molecule has 0 aromatic rings. The number of aliphatic carboxylic acids is 1. The zero-order chi connectivity index (χ0) is 12.6. The highest BCUT2D eigenvalue weighted by atomic mass is 16.5. The number of amides is 1. The van der Waals surface area contributed by atoms with Crippen molar-refractivity contribution in [3.8, 4) is 0 Å². The Hall–Kier alpha value is -1.85. The summed E-state index contributed by atoms with van der Waals surface area (Å²) in [6, 6.07) is -1.02. The van der Waals surface area contributed by atoms with Crippen molar-refractivity contribution >= 4 is 17.8 Å². The average molecular weight is 229 g/mol. The Kier molecular flexibility index (Phi) is 6.58. The molecule has 0 saturated heterocycles. The number of carboxylic acids is 1. The maximum Gasteiger partial charge on any atom is 0.330 e. The van der Waals surface area contributed by atoms with Crippen LogP contribution in [-0.4, -0.2) is 35.6 Å². The van der Waals surface area contributed by atoms with Gasteiger partial charge in [-0.3, -0.25) is 4.79 Å². The van der Waals surface area contributed by atoms with E-state index in [0.29, 0.717) is 0 Å². The summed E-state index contributed by atoms with van der Waals surface area (Å²) in [6.07, 6.45) is 2.53. The fourth-order valence-electron chi connectivity index (χ4n) is 0.958. The van der Waals surface area contributed by atoms with Crippen LogP contribution in [0.15, 0.2) is 12.2 Å². The molecule has 0 spiro atoms. The first-order valence-electron chi connectivity index (χ1n) is 4.80. The van der Waals surface area contributed by atoms with Gasteiger partial charge in [0.15, 0.2) is 0 Å². The summed E-state index contributed by atoms with van der Waals surface area (Å²) < 4.78 is 4.60. The molecule has 0 aliphatic rings. The third kappa shape index (κ3) is 6.58. The molecule has 0 aliphatic heterocycles. The number of hydrogen-bond acceptors (Lipinski definition) is 4. The van der Waals surface area contributed by atoms with Gasteiger partial charge in [0, 0.05) is 13.0 Å². The molecule has 0 saturated carbocycles. The number of carbonyl (C=O) groups is 3. The number of esters is 1. The van der Waals surface area contributed by atoms with Crippen molar-refractivity contribution in [3.63, 3.8) is 0 Å². The molecular weight excluding hydrogens is 214 g/mol. The first-order valence-corrected chi connectivity index (χ1v) is 4.80. The maximum absolute atomic E-state index is 10.9. The van der Waals surface area contributed by atoms with Crippen LogP contribution in [0.4, 0.5) is 0 Å². The molecule has 0 radical (unpaired) electrons. The third-order valence-electron chi connectivity index (χ3n) is 1.59. The highest BCUT2D eigenvalue weighted by Crippen LogP contribution is 1.95. The molecule has 0 heterocycles. The number of hydrogen-bond donors (Lipinski definition) is 2. The minimum Gasteiger partial charge on any atom is -0.480 e. The highest BCUT2D eigenvalue weighted by molar-refractivity contribution is 5.83. The topological polar surface area (TPSA) is 92.7 Å². The molecule has 0 rings (SSSR count). The second-order valence-corrected chi connectivity index (χ2v) is 2.98. The lowest BCUT2D eigenvalue weighted by molar-refractivity contribution is -0.141. The van der Waals surface area contributed by atoms with Gasteiger partial charge in [-0.25, -0.2) is 9.59 Å². The minimum absolute atomic E-state index is 0.0354. The van der Waals surface area contributed by atoms with Crippen molar-refractivity contribution in [2.75, 3.05) is 6.61 Å². The number of nitrogens with one attached hydrogen (secondary N) is 1. The van der Waals surface area contributed by atoms with Gasteiger partial charge in [-0.05, 0) is 13.3 Å². The third-order valence-corrected chi connectivity index (χ3v) is 1.59. The maximum atomic E-state index is 10.9. The zero-order valence-electron chi connectivity index (χ0n) is 9.23. The molecule has 16 heavy (non-hydrogen) atoms. The molecule has 0 bridgehead atoms. The molecule has 1 amide bonds. The number of carboxylic acid groups (broad SMARTS) is 1. The highest BCUT2D eigenvalue weighted by Gasteiger charge is 2.16. The van der Waals surface area contributed by atoms with Crippen LogP contribution in [0.25, 0.3) is 0 Å². The van der Waals surface area contributed by atoms with E-state index in [0.717, 1.165) is 6.08 Å². The summed E-state index contributed by atoms with van der Waals surface area (Å²) in [5.41, 5.74) is 0. The molecule has 90 valence electrons. The van der Waals surface area contributed by atoms with Crippen molar-refractivity contribution in [1.82, 2.24) is 5.32 Å². The van der Waals surface area contributed by atoms with Gasteiger partial charge in [-0.2, -0.15) is 0 Å². The van der Waals surface area contributed by atoms with Crippen LogP contribution in [0.2, 0.25) is 0 Å². The van der Waals surface area contributed by atoms with Crippen molar-refractivity contribution in [2.24, 2.45) is 0 Å². The minimum atomic E-state index is -1.15. The van der Waals surface area contributed by atoms with E-state index in [2.05, 4.69) is 10.1 Å². The second kappa shape index (κ2) is 7.44. The summed E-state index contributed by atoms with van der Waals surface area (Å²) >= 11 is 0. The molecule has 6 heteroatoms. The van der Waals surface area contributed by atoms with Crippen LogP contribution >= 0.6 is 0 Å². The SMILES string of the molecule is CCOC(=O)/C=C/C[C@@H](NC(C)=O)C(=O)O. The molecule has 1 atom stereocenters. The summed E-state index contributed by atoms with van der Waals surface area (Å²) in [5.74, 6) is -2.12. The molecule has 2 N–H and O–H groups in total. The molecular formula is C10H15NO5. The van der Waals surface area contributed by atoms with Gasteiger partial charge in [0.05, 0.1) is 6.61 Å². The average Bonchev–Trinajstić information content (AvgIpc) is 2.15. The fraction of sp³-hybridized carbons (Fsp3) is 0.500. The lowest BCUT2D eigenvalue weighted by atomic mass is 10.2. The molecule has 0 unspecified atom stereocenters. The van der Waals surface area contributed by atoms with Gasteiger partial charge in [0.2, 0.25) is 5.91 Å². The van der Waals surface area contributed by atoms with Crippen LogP contribution in [0.1, 0.15) is 20.3 Å². The summed E-state index contributed by atoms with van der Waals surface area (Å²) in [5, 5.41) is 11.0. The lowest BCUT2D eigenvalue weighted by Gasteiger charge is -2.09. The van der Waals surface area contributed by atoms with E-state index in [1.807, 2.05) is 0 Å². The number of rotatable bonds is 6. The van der Waals surface area contributed by atoms with Crippen LogP contribution in [0.5, 0.6) is 0 Å². The number of ether oxygens (including phenoxy) is 1. The van der Waals surface area contributed by atoms with Crippen molar-refractivity contribution in [3.05, 3.63) is 12.2 Å². The van der Waals surface area contributed by atoms with E-state index in [1.165, 1.54) is 13.0 Å². The molecule has 0 aliphatic carbocycles. The molecule has 6 nitrogen and oxygen atoms in total. The fourth-order valence-corrected chi connectivity index (χ4v) is 0.958. The van der Waals surface area contributed by atoms with Crippen molar-refractivity contribution in [1.29, 1.82) is 0 Å². The van der Waals surface area contributed by atoms with Gasteiger partial charge in [-0.15, -0.1) is 0 Å². The monoisotopic (exact) mass is 229 g/mol. The molecule has 0 aromatic carbocycles. The predicted molar refractivity (Wildman–Crippen MR) is 55.6 cm³/mol. The van der Waals surface area contributed by atoms with Gasteiger partial charge < -0.3 is 15.2 Å². The Bertz CT molecular complexity index is 298.